The zero-order chi connectivity index (χ0) is 12.0. The Kier molecular flexibility index (Phi) is 4.69. The van der Waals surface area contributed by atoms with Crippen LogP contribution in [-0.4, -0.2) is 17.9 Å². The number of hydrogen-bond donors (Lipinski definition) is 1. The molecule has 0 spiro atoms. The molecule has 0 aliphatic rings. The molecule has 0 saturated carbocycles. The fourth-order valence-electron chi connectivity index (χ4n) is 1.38. The molecule has 16 heavy (non-hydrogen) atoms. The second kappa shape index (κ2) is 5.80. The van der Waals surface area contributed by atoms with E-state index in [2.05, 4.69) is 38.2 Å². The largest absolute Gasteiger partial charge is 0.305 e. The highest BCUT2D eigenvalue weighted by atomic mass is 16.1. The molecule has 0 amide bonds. The van der Waals surface area contributed by atoms with E-state index in [-0.39, 0.29) is 11.3 Å². The number of carbonyl (C=O) groups is 1. The SMILES string of the molecule is CC(C)(C)NCC(=O)CCc1ccccc1. The second-order valence-corrected chi connectivity index (χ2v) is 5.13. The van der Waals surface area contributed by atoms with Gasteiger partial charge in [0.15, 0.2) is 0 Å². The molecule has 2 nitrogen and oxygen atoms in total. The van der Waals surface area contributed by atoms with Gasteiger partial charge in [-0.3, -0.25) is 4.79 Å². The van der Waals surface area contributed by atoms with Crippen LogP contribution in [0.4, 0.5) is 0 Å². The van der Waals surface area contributed by atoms with Gasteiger partial charge in [0.1, 0.15) is 5.78 Å². The zero-order valence-electron chi connectivity index (χ0n) is 10.4. The van der Waals surface area contributed by atoms with E-state index in [0.717, 1.165) is 6.42 Å². The molecule has 0 aliphatic heterocycles. The lowest BCUT2D eigenvalue weighted by Gasteiger charge is -2.19. The van der Waals surface area contributed by atoms with Gasteiger partial charge in [0.05, 0.1) is 6.54 Å². The van der Waals surface area contributed by atoms with Crippen molar-refractivity contribution in [2.24, 2.45) is 0 Å². The number of rotatable bonds is 5. The highest BCUT2D eigenvalue weighted by Gasteiger charge is 2.10. The first-order chi connectivity index (χ1) is 7.47. The lowest BCUT2D eigenvalue weighted by molar-refractivity contribution is -0.118. The van der Waals surface area contributed by atoms with Crippen LogP contribution in [0.5, 0.6) is 0 Å². The van der Waals surface area contributed by atoms with E-state index in [9.17, 15) is 4.79 Å². The quantitative estimate of drug-likeness (QED) is 0.824. The van der Waals surface area contributed by atoms with Crippen LogP contribution < -0.4 is 5.32 Å². The van der Waals surface area contributed by atoms with E-state index in [0.29, 0.717) is 13.0 Å². The number of ketones is 1. The monoisotopic (exact) mass is 219 g/mol. The third kappa shape index (κ3) is 5.66. The van der Waals surface area contributed by atoms with Gasteiger partial charge < -0.3 is 5.32 Å². The number of nitrogens with one attached hydrogen (secondary N) is 1. The number of aryl methyl sites for hydroxylation is 1. The van der Waals surface area contributed by atoms with Crippen LogP contribution in [0.15, 0.2) is 30.3 Å². The summed E-state index contributed by atoms with van der Waals surface area (Å²) in [5, 5.41) is 3.21. The maximum absolute atomic E-state index is 11.6. The summed E-state index contributed by atoms with van der Waals surface area (Å²) in [6.45, 7) is 6.67. The van der Waals surface area contributed by atoms with Crippen molar-refractivity contribution in [3.05, 3.63) is 35.9 Å². The van der Waals surface area contributed by atoms with Gasteiger partial charge >= 0.3 is 0 Å². The van der Waals surface area contributed by atoms with Gasteiger partial charge in [-0.25, -0.2) is 0 Å². The van der Waals surface area contributed by atoms with E-state index in [4.69, 9.17) is 0 Å². The molecule has 1 aromatic rings. The Morgan fingerprint density at radius 3 is 2.38 bits per heavy atom. The highest BCUT2D eigenvalue weighted by Crippen LogP contribution is 2.03. The molecule has 1 rings (SSSR count). The first-order valence-corrected chi connectivity index (χ1v) is 5.78. The van der Waals surface area contributed by atoms with Crippen LogP contribution in [-0.2, 0) is 11.2 Å². The molecule has 0 atom stereocenters. The average molecular weight is 219 g/mol. The lowest BCUT2D eigenvalue weighted by Crippen LogP contribution is -2.39. The standard InChI is InChI=1S/C14H21NO/c1-14(2,3)15-11-13(16)10-9-12-7-5-4-6-8-12/h4-8,15H,9-11H2,1-3H3. The minimum atomic E-state index is 0.0163. The fraction of sp³-hybridized carbons (Fsp3) is 0.500. The Hall–Kier alpha value is -1.15. The maximum Gasteiger partial charge on any atom is 0.146 e. The molecule has 1 N–H and O–H groups in total. The first kappa shape index (κ1) is 12.9. The Labute approximate surface area is 98.1 Å². The van der Waals surface area contributed by atoms with Crippen molar-refractivity contribution in [3.8, 4) is 0 Å². The van der Waals surface area contributed by atoms with E-state index < -0.39 is 0 Å². The summed E-state index contributed by atoms with van der Waals surface area (Å²) in [6, 6.07) is 10.1. The number of Topliss-reactive ketones (excluding diaryl/α,β-unsaturated/α-hetero) is 1. The molecule has 1 aromatic carbocycles. The van der Waals surface area contributed by atoms with Gasteiger partial charge in [-0.05, 0) is 32.8 Å². The predicted octanol–water partition coefficient (Wildman–Crippen LogP) is 2.58. The molecule has 0 aliphatic carbocycles. The van der Waals surface area contributed by atoms with Gasteiger partial charge in [0.25, 0.3) is 0 Å². The molecule has 2 heteroatoms. The normalized spacial score (nSPS) is 11.4. The van der Waals surface area contributed by atoms with Crippen LogP contribution in [0.3, 0.4) is 0 Å². The van der Waals surface area contributed by atoms with Crippen molar-refractivity contribution < 1.29 is 4.79 Å². The second-order valence-electron chi connectivity index (χ2n) is 5.13. The summed E-state index contributed by atoms with van der Waals surface area (Å²) >= 11 is 0. The minimum Gasteiger partial charge on any atom is -0.305 e. The predicted molar refractivity (Wildman–Crippen MR) is 67.5 cm³/mol. The summed E-state index contributed by atoms with van der Waals surface area (Å²) in [5.41, 5.74) is 1.24. The topological polar surface area (TPSA) is 29.1 Å². The smallest absolute Gasteiger partial charge is 0.146 e. The highest BCUT2D eigenvalue weighted by molar-refractivity contribution is 5.80. The lowest BCUT2D eigenvalue weighted by atomic mass is 10.1. The Morgan fingerprint density at radius 2 is 1.81 bits per heavy atom. The summed E-state index contributed by atoms with van der Waals surface area (Å²) in [5.74, 6) is 0.277. The van der Waals surface area contributed by atoms with Crippen molar-refractivity contribution in [1.82, 2.24) is 5.32 Å². The van der Waals surface area contributed by atoms with Crippen molar-refractivity contribution in [3.63, 3.8) is 0 Å². The van der Waals surface area contributed by atoms with Crippen LogP contribution >= 0.6 is 0 Å². The van der Waals surface area contributed by atoms with Crippen molar-refractivity contribution in [2.75, 3.05) is 6.54 Å². The summed E-state index contributed by atoms with van der Waals surface area (Å²) in [6.07, 6.45) is 1.46. The van der Waals surface area contributed by atoms with Gasteiger partial charge in [-0.15, -0.1) is 0 Å². The van der Waals surface area contributed by atoms with Crippen LogP contribution in [0, 0.1) is 0 Å². The molecule has 88 valence electrons. The van der Waals surface area contributed by atoms with Gasteiger partial charge in [0.2, 0.25) is 0 Å². The van der Waals surface area contributed by atoms with Gasteiger partial charge in [-0.1, -0.05) is 30.3 Å². The van der Waals surface area contributed by atoms with E-state index in [1.165, 1.54) is 5.56 Å². The molecule has 0 bridgehead atoms. The van der Waals surface area contributed by atoms with Crippen LogP contribution in [0.1, 0.15) is 32.8 Å². The third-order valence-corrected chi connectivity index (χ3v) is 2.35. The molecule has 0 fully saturated rings. The zero-order valence-corrected chi connectivity index (χ0v) is 10.4. The Bertz CT molecular complexity index is 324. The first-order valence-electron chi connectivity index (χ1n) is 5.78. The average Bonchev–Trinajstić information content (AvgIpc) is 2.24. The molecule has 0 unspecified atom stereocenters. The number of benzene rings is 1. The Balaban J connectivity index is 2.26. The molecule has 0 saturated heterocycles. The third-order valence-electron chi connectivity index (χ3n) is 2.35. The van der Waals surface area contributed by atoms with Crippen molar-refractivity contribution >= 4 is 5.78 Å². The molecule has 0 radical (unpaired) electrons. The van der Waals surface area contributed by atoms with E-state index in [1.54, 1.807) is 0 Å². The maximum atomic E-state index is 11.6. The number of carbonyl (C=O) groups excluding carboxylic acids is 1. The summed E-state index contributed by atoms with van der Waals surface area (Å²) < 4.78 is 0. The minimum absolute atomic E-state index is 0.0163. The van der Waals surface area contributed by atoms with Crippen LogP contribution in [0.2, 0.25) is 0 Å². The molecular weight excluding hydrogens is 198 g/mol. The molecule has 0 heterocycles. The summed E-state index contributed by atoms with van der Waals surface area (Å²) in [7, 11) is 0. The van der Waals surface area contributed by atoms with Crippen molar-refractivity contribution in [2.45, 2.75) is 39.2 Å². The van der Waals surface area contributed by atoms with Crippen molar-refractivity contribution in [1.29, 1.82) is 0 Å². The molecule has 0 aromatic heterocycles. The van der Waals surface area contributed by atoms with Gasteiger partial charge in [0, 0.05) is 12.0 Å². The van der Waals surface area contributed by atoms with Crippen LogP contribution in [0.25, 0.3) is 0 Å². The number of hydrogen-bond acceptors (Lipinski definition) is 2. The van der Waals surface area contributed by atoms with Gasteiger partial charge in [-0.2, -0.15) is 0 Å². The fourth-order valence-corrected chi connectivity index (χ4v) is 1.38. The van der Waals surface area contributed by atoms with E-state index >= 15 is 0 Å². The summed E-state index contributed by atoms with van der Waals surface area (Å²) in [4.78, 5) is 11.6. The molecular formula is C14H21NO. The Morgan fingerprint density at radius 1 is 1.19 bits per heavy atom. The van der Waals surface area contributed by atoms with E-state index in [1.807, 2.05) is 18.2 Å².